The van der Waals surface area contributed by atoms with Crippen LogP contribution in [0.15, 0.2) is 60.9 Å². The highest BCUT2D eigenvalue weighted by molar-refractivity contribution is 6.35. The summed E-state index contributed by atoms with van der Waals surface area (Å²) in [6, 6.07) is 14.0. The van der Waals surface area contributed by atoms with Gasteiger partial charge in [0.15, 0.2) is 0 Å². The van der Waals surface area contributed by atoms with Crippen LogP contribution < -0.4 is 14.2 Å². The van der Waals surface area contributed by atoms with Crippen molar-refractivity contribution in [1.82, 2.24) is 4.98 Å². The Labute approximate surface area is 239 Å². The van der Waals surface area contributed by atoms with E-state index in [1.54, 1.807) is 12.1 Å². The number of halogens is 4. The molecular weight excluding hydrogens is 563 g/mol. The third-order valence-electron chi connectivity index (χ3n) is 6.83. The molecule has 3 aromatic carbocycles. The van der Waals surface area contributed by atoms with E-state index in [0.29, 0.717) is 28.2 Å². The molecule has 4 aromatic rings. The number of benzene rings is 3. The SMILES string of the molecule is COc1c(C(Cc2c(Cl)cncc2Cl)OC(=O)c2ccc3ccccc3c2OC)ccc(OC(F)F)c1C1CC1. The van der Waals surface area contributed by atoms with Crippen LogP contribution >= 0.6 is 23.2 Å². The summed E-state index contributed by atoms with van der Waals surface area (Å²) >= 11 is 12.9. The number of aromatic nitrogens is 1. The average Bonchev–Trinajstić information content (AvgIpc) is 3.78. The number of pyridine rings is 1. The quantitative estimate of drug-likeness (QED) is 0.174. The molecule has 1 aliphatic rings. The number of nitrogens with zero attached hydrogens (tertiary/aromatic N) is 1. The average molecular weight is 588 g/mol. The summed E-state index contributed by atoms with van der Waals surface area (Å²) in [5, 5.41) is 2.22. The summed E-state index contributed by atoms with van der Waals surface area (Å²) in [6.45, 7) is -3.00. The van der Waals surface area contributed by atoms with Gasteiger partial charge in [0.25, 0.3) is 0 Å². The zero-order valence-corrected chi connectivity index (χ0v) is 23.1. The molecule has 1 heterocycles. The lowest BCUT2D eigenvalue weighted by molar-refractivity contribution is -0.0505. The number of methoxy groups -OCH3 is 2. The van der Waals surface area contributed by atoms with Crippen molar-refractivity contribution < 1.29 is 32.5 Å². The number of alkyl halides is 2. The van der Waals surface area contributed by atoms with E-state index >= 15 is 0 Å². The molecule has 1 unspecified atom stereocenters. The summed E-state index contributed by atoms with van der Waals surface area (Å²) < 4.78 is 48.7. The highest BCUT2D eigenvalue weighted by Crippen LogP contribution is 2.52. The number of carbonyl (C=O) groups excluding carboxylic acids is 1. The predicted molar refractivity (Wildman–Crippen MR) is 148 cm³/mol. The number of ether oxygens (including phenoxy) is 4. The van der Waals surface area contributed by atoms with Crippen molar-refractivity contribution in [2.75, 3.05) is 14.2 Å². The summed E-state index contributed by atoms with van der Waals surface area (Å²) in [4.78, 5) is 17.7. The van der Waals surface area contributed by atoms with Gasteiger partial charge in [0, 0.05) is 35.3 Å². The first kappa shape index (κ1) is 27.9. The number of rotatable bonds is 10. The summed E-state index contributed by atoms with van der Waals surface area (Å²) in [5.74, 6) is 0.0308. The zero-order valence-electron chi connectivity index (χ0n) is 21.6. The predicted octanol–water partition coefficient (Wildman–Crippen LogP) is 8.18. The Hall–Kier alpha value is -3.62. The lowest BCUT2D eigenvalue weighted by Gasteiger charge is -2.25. The highest BCUT2D eigenvalue weighted by Gasteiger charge is 2.35. The molecule has 0 N–H and O–H groups in total. The second-order valence-corrected chi connectivity index (χ2v) is 10.1. The van der Waals surface area contributed by atoms with E-state index in [4.69, 9.17) is 42.1 Å². The van der Waals surface area contributed by atoms with E-state index in [0.717, 1.165) is 23.6 Å². The molecule has 1 aromatic heterocycles. The van der Waals surface area contributed by atoms with Gasteiger partial charge in [-0.25, -0.2) is 4.79 Å². The van der Waals surface area contributed by atoms with Crippen LogP contribution in [0.25, 0.3) is 10.8 Å². The molecule has 0 aliphatic heterocycles. The van der Waals surface area contributed by atoms with Gasteiger partial charge in [0.05, 0.1) is 24.3 Å². The molecule has 1 atom stereocenters. The number of carbonyl (C=O) groups is 1. The number of hydrogen-bond donors (Lipinski definition) is 0. The van der Waals surface area contributed by atoms with Crippen LogP contribution in [0.5, 0.6) is 17.2 Å². The molecule has 1 saturated carbocycles. The van der Waals surface area contributed by atoms with Crippen LogP contribution in [0.3, 0.4) is 0 Å². The normalized spacial score (nSPS) is 13.8. The molecule has 0 bridgehead atoms. The lowest BCUT2D eigenvalue weighted by atomic mass is 9.96. The van der Waals surface area contributed by atoms with Crippen LogP contribution in [-0.2, 0) is 11.2 Å². The van der Waals surface area contributed by atoms with E-state index < -0.39 is 18.7 Å². The first-order chi connectivity index (χ1) is 19.3. The Balaban J connectivity index is 1.61. The van der Waals surface area contributed by atoms with Gasteiger partial charge in [0.1, 0.15) is 28.9 Å². The van der Waals surface area contributed by atoms with Crippen molar-refractivity contribution in [3.8, 4) is 17.2 Å². The number of hydrogen-bond acceptors (Lipinski definition) is 6. The molecular formula is C30H25Cl2F2NO5. The zero-order chi connectivity index (χ0) is 28.4. The Morgan fingerprint density at radius 1 is 0.975 bits per heavy atom. The fourth-order valence-corrected chi connectivity index (χ4v) is 5.41. The maximum atomic E-state index is 13.7. The topological polar surface area (TPSA) is 66.9 Å². The second-order valence-electron chi connectivity index (χ2n) is 9.30. The largest absolute Gasteiger partial charge is 0.496 e. The minimum atomic E-state index is -3.00. The van der Waals surface area contributed by atoms with Gasteiger partial charge in [0.2, 0.25) is 0 Å². The van der Waals surface area contributed by atoms with Gasteiger partial charge >= 0.3 is 12.6 Å². The van der Waals surface area contributed by atoms with Crippen molar-refractivity contribution in [3.05, 3.63) is 93.2 Å². The summed E-state index contributed by atoms with van der Waals surface area (Å²) in [6.07, 6.45) is 3.58. The Morgan fingerprint density at radius 2 is 1.68 bits per heavy atom. The van der Waals surface area contributed by atoms with Gasteiger partial charge in [-0.05, 0) is 47.9 Å². The molecule has 0 amide bonds. The van der Waals surface area contributed by atoms with Crippen LogP contribution in [0.1, 0.15) is 51.9 Å². The minimum absolute atomic E-state index is 0.0197. The third-order valence-corrected chi connectivity index (χ3v) is 7.49. The Morgan fingerprint density at radius 3 is 2.33 bits per heavy atom. The molecule has 1 aliphatic carbocycles. The van der Waals surface area contributed by atoms with Gasteiger partial charge in [-0.1, -0.05) is 53.5 Å². The summed E-state index contributed by atoms with van der Waals surface area (Å²) in [7, 11) is 2.92. The van der Waals surface area contributed by atoms with Gasteiger partial charge < -0.3 is 18.9 Å². The van der Waals surface area contributed by atoms with Gasteiger partial charge in [-0.2, -0.15) is 8.78 Å². The van der Waals surface area contributed by atoms with Gasteiger partial charge in [-0.3, -0.25) is 4.98 Å². The molecule has 10 heteroatoms. The maximum Gasteiger partial charge on any atom is 0.387 e. The molecule has 5 rings (SSSR count). The Kier molecular flexibility index (Phi) is 8.28. The van der Waals surface area contributed by atoms with Crippen molar-refractivity contribution >= 4 is 39.9 Å². The lowest BCUT2D eigenvalue weighted by Crippen LogP contribution is -2.17. The first-order valence-corrected chi connectivity index (χ1v) is 13.3. The molecule has 1 fully saturated rings. The monoisotopic (exact) mass is 587 g/mol. The first-order valence-electron chi connectivity index (χ1n) is 12.5. The highest BCUT2D eigenvalue weighted by atomic mass is 35.5. The fraction of sp³-hybridized carbons (Fsp3) is 0.267. The van der Waals surface area contributed by atoms with Crippen LogP contribution in [-0.4, -0.2) is 31.8 Å². The van der Waals surface area contributed by atoms with Crippen LogP contribution in [0, 0.1) is 0 Å². The van der Waals surface area contributed by atoms with E-state index in [1.807, 2.05) is 30.3 Å². The molecule has 6 nitrogen and oxygen atoms in total. The number of esters is 1. The molecule has 0 radical (unpaired) electrons. The standard InChI is InChI=1S/C30H25Cl2F2NO5/c1-37-27-18-6-4-3-5-16(18)9-10-20(27)29(36)39-25(13-21-22(31)14-35-15-23(21)32)19-11-12-24(40-30(33)34)26(17-7-8-17)28(19)38-2/h3-6,9-12,14-15,17,25,30H,7-8,13H2,1-2H3. The maximum absolute atomic E-state index is 13.7. The van der Waals surface area contributed by atoms with E-state index in [-0.39, 0.29) is 33.7 Å². The fourth-order valence-electron chi connectivity index (χ4n) is 4.89. The minimum Gasteiger partial charge on any atom is -0.496 e. The van der Waals surface area contributed by atoms with Crippen molar-refractivity contribution in [2.24, 2.45) is 0 Å². The van der Waals surface area contributed by atoms with E-state index in [9.17, 15) is 13.6 Å². The van der Waals surface area contributed by atoms with E-state index in [2.05, 4.69) is 4.98 Å². The second kappa shape index (κ2) is 11.9. The smallest absolute Gasteiger partial charge is 0.387 e. The van der Waals surface area contributed by atoms with Crippen molar-refractivity contribution in [2.45, 2.75) is 37.9 Å². The van der Waals surface area contributed by atoms with Crippen molar-refractivity contribution in [1.29, 1.82) is 0 Å². The Bertz CT molecular complexity index is 1540. The van der Waals surface area contributed by atoms with Crippen LogP contribution in [0.4, 0.5) is 8.78 Å². The third kappa shape index (κ3) is 5.64. The summed E-state index contributed by atoms with van der Waals surface area (Å²) in [5.41, 5.74) is 1.70. The molecule has 40 heavy (non-hydrogen) atoms. The number of fused-ring (bicyclic) bond motifs is 1. The molecule has 0 saturated heterocycles. The molecule has 208 valence electrons. The van der Waals surface area contributed by atoms with Crippen molar-refractivity contribution in [3.63, 3.8) is 0 Å². The molecule has 0 spiro atoms. The van der Waals surface area contributed by atoms with Crippen LogP contribution in [0.2, 0.25) is 10.0 Å². The van der Waals surface area contributed by atoms with E-state index in [1.165, 1.54) is 32.7 Å². The van der Waals surface area contributed by atoms with Gasteiger partial charge in [-0.15, -0.1) is 0 Å².